The van der Waals surface area contributed by atoms with Crippen LogP contribution in [0.1, 0.15) is 30.2 Å². The molecule has 1 aliphatic rings. The van der Waals surface area contributed by atoms with Crippen LogP contribution in [0.2, 0.25) is 0 Å². The summed E-state index contributed by atoms with van der Waals surface area (Å²) in [6.45, 7) is 4.87. The Morgan fingerprint density at radius 3 is 2.61 bits per heavy atom. The molecule has 0 radical (unpaired) electrons. The van der Waals surface area contributed by atoms with Gasteiger partial charge in [-0.3, -0.25) is 4.79 Å². The minimum Gasteiger partial charge on any atom is -0.507 e. The number of aryl methyl sites for hydroxylation is 1. The van der Waals surface area contributed by atoms with Crippen molar-refractivity contribution in [1.29, 1.82) is 0 Å². The van der Waals surface area contributed by atoms with E-state index in [-0.39, 0.29) is 23.1 Å². The van der Waals surface area contributed by atoms with E-state index in [1.165, 1.54) is 6.92 Å². The first kappa shape index (κ1) is 20.1. The number of phenols is 1. The molecule has 1 atom stereocenters. The van der Waals surface area contributed by atoms with Gasteiger partial charge in [0.15, 0.2) is 0 Å². The zero-order chi connectivity index (χ0) is 20.5. The number of hydrogen-bond donors (Lipinski definition) is 2. The molecule has 1 aliphatic heterocycles. The molecular formula is C19H21F3N4O2. The van der Waals surface area contributed by atoms with Gasteiger partial charge >= 0.3 is 6.18 Å². The van der Waals surface area contributed by atoms with E-state index >= 15 is 0 Å². The number of amides is 1. The van der Waals surface area contributed by atoms with Gasteiger partial charge in [0, 0.05) is 38.2 Å². The number of carbonyl (C=O) groups is 1. The van der Waals surface area contributed by atoms with Crippen LogP contribution < -0.4 is 5.32 Å². The van der Waals surface area contributed by atoms with E-state index < -0.39 is 17.5 Å². The number of benzene rings is 1. The van der Waals surface area contributed by atoms with Crippen LogP contribution in [-0.4, -0.2) is 45.2 Å². The molecule has 0 bridgehead atoms. The van der Waals surface area contributed by atoms with Crippen LogP contribution >= 0.6 is 0 Å². The maximum atomic E-state index is 12.8. The fourth-order valence-electron chi connectivity index (χ4n) is 3.31. The molecule has 6 nitrogen and oxygen atoms in total. The van der Waals surface area contributed by atoms with Crippen molar-refractivity contribution >= 4 is 5.91 Å². The number of rotatable bonds is 4. The molecule has 2 aromatic rings. The number of alkyl halides is 3. The number of likely N-dealkylation sites (tertiary alicyclic amines) is 1. The molecule has 2 N–H and O–H groups in total. The van der Waals surface area contributed by atoms with Crippen LogP contribution in [0.15, 0.2) is 24.3 Å². The van der Waals surface area contributed by atoms with Crippen molar-refractivity contribution in [2.24, 2.45) is 0 Å². The summed E-state index contributed by atoms with van der Waals surface area (Å²) in [4.78, 5) is 13.1. The van der Waals surface area contributed by atoms with Gasteiger partial charge in [0.2, 0.25) is 5.91 Å². The van der Waals surface area contributed by atoms with Crippen molar-refractivity contribution in [1.82, 2.24) is 20.4 Å². The maximum absolute atomic E-state index is 12.8. The van der Waals surface area contributed by atoms with Crippen molar-refractivity contribution in [2.45, 2.75) is 39.0 Å². The van der Waals surface area contributed by atoms with Crippen molar-refractivity contribution in [3.63, 3.8) is 0 Å². The Kier molecular flexibility index (Phi) is 5.55. The van der Waals surface area contributed by atoms with Crippen molar-refractivity contribution in [3.8, 4) is 17.0 Å². The van der Waals surface area contributed by atoms with Gasteiger partial charge in [0.25, 0.3) is 0 Å². The second-order valence-electron chi connectivity index (χ2n) is 6.93. The lowest BCUT2D eigenvalue weighted by molar-refractivity contribution is -0.137. The third-order valence-corrected chi connectivity index (χ3v) is 4.82. The van der Waals surface area contributed by atoms with Gasteiger partial charge in [-0.1, -0.05) is 0 Å². The maximum Gasteiger partial charge on any atom is 0.416 e. The van der Waals surface area contributed by atoms with Gasteiger partial charge in [0.05, 0.1) is 17.0 Å². The van der Waals surface area contributed by atoms with E-state index in [1.54, 1.807) is 24.0 Å². The van der Waals surface area contributed by atoms with Crippen LogP contribution in [0.3, 0.4) is 0 Å². The van der Waals surface area contributed by atoms with Crippen LogP contribution in [0.25, 0.3) is 11.3 Å². The summed E-state index contributed by atoms with van der Waals surface area (Å²) >= 11 is 0. The van der Waals surface area contributed by atoms with Crippen LogP contribution in [0.5, 0.6) is 5.75 Å². The first-order chi connectivity index (χ1) is 13.1. The third-order valence-electron chi connectivity index (χ3n) is 4.82. The van der Waals surface area contributed by atoms with Gasteiger partial charge in [-0.2, -0.15) is 23.4 Å². The van der Waals surface area contributed by atoms with E-state index in [4.69, 9.17) is 0 Å². The first-order valence-corrected chi connectivity index (χ1v) is 8.88. The van der Waals surface area contributed by atoms with Crippen molar-refractivity contribution in [2.75, 3.05) is 13.1 Å². The molecule has 1 fully saturated rings. The van der Waals surface area contributed by atoms with Gasteiger partial charge < -0.3 is 15.3 Å². The minimum atomic E-state index is -4.53. The van der Waals surface area contributed by atoms with Gasteiger partial charge in [-0.15, -0.1) is 0 Å². The molecule has 2 heterocycles. The predicted octanol–water partition coefficient (Wildman–Crippen LogP) is 2.89. The molecule has 28 heavy (non-hydrogen) atoms. The molecule has 1 unspecified atom stereocenters. The number of halogens is 3. The summed E-state index contributed by atoms with van der Waals surface area (Å²) in [6.07, 6.45) is -3.66. The summed E-state index contributed by atoms with van der Waals surface area (Å²) in [6, 6.07) is 5.19. The van der Waals surface area contributed by atoms with E-state index in [1.807, 2.05) is 0 Å². The largest absolute Gasteiger partial charge is 0.507 e. The first-order valence-electron chi connectivity index (χ1n) is 8.88. The zero-order valence-corrected chi connectivity index (χ0v) is 15.5. The molecule has 1 aromatic heterocycles. The Balaban J connectivity index is 1.69. The highest BCUT2D eigenvalue weighted by Gasteiger charge is 2.32. The second kappa shape index (κ2) is 7.75. The normalized spacial score (nSPS) is 17.2. The SMILES string of the molecule is CC(=O)N1CCC(NCc2ccc(-c3c(C)cc(C(F)(F)F)cc3O)nn2)C1. The molecule has 0 saturated carbocycles. The number of nitrogens with one attached hydrogen (secondary N) is 1. The van der Waals surface area contributed by atoms with Crippen LogP contribution in [0, 0.1) is 6.92 Å². The summed E-state index contributed by atoms with van der Waals surface area (Å²) in [7, 11) is 0. The Bertz CT molecular complexity index is 845. The lowest BCUT2D eigenvalue weighted by atomic mass is 10.0. The number of nitrogens with zero attached hydrogens (tertiary/aromatic N) is 3. The lowest BCUT2D eigenvalue weighted by Crippen LogP contribution is -2.34. The monoisotopic (exact) mass is 394 g/mol. The Hall–Kier alpha value is -2.68. The summed E-state index contributed by atoms with van der Waals surface area (Å²) in [5.41, 5.74) is 0.553. The standard InChI is InChI=1S/C19H21F3N4O2/c1-11-7-13(19(20,21)22)8-17(28)18(11)16-4-3-14(24-25-16)9-23-15-5-6-26(10-15)12(2)27/h3-4,7-8,15,23,28H,5-6,9-10H2,1-2H3. The minimum absolute atomic E-state index is 0.0557. The van der Waals surface area contributed by atoms with Gasteiger partial charge in [-0.25, -0.2) is 0 Å². The van der Waals surface area contributed by atoms with Gasteiger partial charge in [-0.05, 0) is 43.2 Å². The predicted molar refractivity (Wildman–Crippen MR) is 96.4 cm³/mol. The molecular weight excluding hydrogens is 373 g/mol. The van der Waals surface area contributed by atoms with Crippen LogP contribution in [0.4, 0.5) is 13.2 Å². The summed E-state index contributed by atoms with van der Waals surface area (Å²) in [5, 5.41) is 21.5. The molecule has 1 amide bonds. The summed E-state index contributed by atoms with van der Waals surface area (Å²) in [5.74, 6) is -0.428. The van der Waals surface area contributed by atoms with Crippen LogP contribution in [-0.2, 0) is 17.5 Å². The highest BCUT2D eigenvalue weighted by Crippen LogP contribution is 2.38. The molecule has 1 aromatic carbocycles. The van der Waals surface area contributed by atoms with E-state index in [2.05, 4.69) is 15.5 Å². The summed E-state index contributed by atoms with van der Waals surface area (Å²) < 4.78 is 38.5. The quantitative estimate of drug-likeness (QED) is 0.834. The average molecular weight is 394 g/mol. The zero-order valence-electron chi connectivity index (χ0n) is 15.5. The number of carbonyl (C=O) groups excluding carboxylic acids is 1. The molecule has 3 rings (SSSR count). The number of aromatic hydroxyl groups is 1. The Labute approximate surface area is 160 Å². The highest BCUT2D eigenvalue weighted by atomic mass is 19.4. The van der Waals surface area contributed by atoms with Crippen molar-refractivity contribution < 1.29 is 23.1 Å². The topological polar surface area (TPSA) is 78.4 Å². The molecule has 1 saturated heterocycles. The Morgan fingerprint density at radius 1 is 1.32 bits per heavy atom. The van der Waals surface area contributed by atoms with Crippen molar-refractivity contribution in [3.05, 3.63) is 41.1 Å². The lowest BCUT2D eigenvalue weighted by Gasteiger charge is -2.15. The Morgan fingerprint density at radius 2 is 2.07 bits per heavy atom. The van der Waals surface area contributed by atoms with E-state index in [0.717, 1.165) is 19.0 Å². The number of hydrogen-bond acceptors (Lipinski definition) is 5. The third kappa shape index (κ3) is 4.41. The number of phenolic OH excluding ortho intramolecular Hbond substituents is 1. The molecule has 0 aliphatic carbocycles. The number of aromatic nitrogens is 2. The van der Waals surface area contributed by atoms with E-state index in [9.17, 15) is 23.1 Å². The average Bonchev–Trinajstić information content (AvgIpc) is 3.09. The van der Waals surface area contributed by atoms with E-state index in [0.29, 0.717) is 30.5 Å². The highest BCUT2D eigenvalue weighted by molar-refractivity contribution is 5.73. The smallest absolute Gasteiger partial charge is 0.416 e. The molecule has 150 valence electrons. The van der Waals surface area contributed by atoms with Gasteiger partial charge in [0.1, 0.15) is 5.75 Å². The second-order valence-corrected chi connectivity index (χ2v) is 6.93. The molecule has 9 heteroatoms. The fraction of sp³-hybridized carbons (Fsp3) is 0.421. The molecule has 0 spiro atoms. The fourth-order valence-corrected chi connectivity index (χ4v) is 3.31.